The largest absolute Gasteiger partial charge is 0.382 e. The number of ether oxygens (including phenoxy) is 1. The van der Waals surface area contributed by atoms with Gasteiger partial charge in [-0.1, -0.05) is 6.07 Å². The minimum atomic E-state index is 0.427. The third-order valence-electron chi connectivity index (χ3n) is 3.41. The Kier molecular flexibility index (Phi) is 5.05. The zero-order chi connectivity index (χ0) is 13.7. The predicted octanol–water partition coefficient (Wildman–Crippen LogP) is 1.93. The smallest absolute Gasteiger partial charge is 0.0621 e. The van der Waals surface area contributed by atoms with Gasteiger partial charge in [0, 0.05) is 44.1 Å². The normalized spacial score (nSPS) is 20.9. The second kappa shape index (κ2) is 6.78. The fourth-order valence-corrected chi connectivity index (χ4v) is 2.42. The Hall–Kier alpha value is -1.26. The highest BCUT2D eigenvalue weighted by Gasteiger charge is 2.16. The Bertz CT molecular complexity index is 389. The summed E-state index contributed by atoms with van der Waals surface area (Å²) in [6, 6.07) is 9.40. The summed E-state index contributed by atoms with van der Waals surface area (Å²) in [5.41, 5.74) is 2.40. The molecule has 2 rings (SSSR count). The van der Waals surface area contributed by atoms with Crippen LogP contribution in [0, 0.1) is 0 Å². The van der Waals surface area contributed by atoms with Crippen molar-refractivity contribution in [3.05, 3.63) is 24.3 Å². The van der Waals surface area contributed by atoms with Crippen molar-refractivity contribution >= 4 is 11.4 Å². The fourth-order valence-electron chi connectivity index (χ4n) is 2.42. The minimum absolute atomic E-state index is 0.427. The van der Waals surface area contributed by atoms with Gasteiger partial charge >= 0.3 is 0 Å². The molecule has 0 radical (unpaired) electrons. The van der Waals surface area contributed by atoms with E-state index in [1.165, 1.54) is 11.4 Å². The molecule has 106 valence electrons. The number of hydrogen-bond acceptors (Lipinski definition) is 4. The third-order valence-corrected chi connectivity index (χ3v) is 3.41. The summed E-state index contributed by atoms with van der Waals surface area (Å²) in [6.45, 7) is 4.85. The zero-order valence-electron chi connectivity index (χ0n) is 12.1. The molecule has 0 aromatic heterocycles. The lowest BCUT2D eigenvalue weighted by Crippen LogP contribution is -2.43. The maximum atomic E-state index is 5.49. The van der Waals surface area contributed by atoms with E-state index < -0.39 is 0 Å². The lowest BCUT2D eigenvalue weighted by atomic mass is 10.1. The molecule has 4 nitrogen and oxygen atoms in total. The number of benzene rings is 1. The van der Waals surface area contributed by atoms with Crippen LogP contribution in [-0.2, 0) is 4.74 Å². The maximum Gasteiger partial charge on any atom is 0.0621 e. The van der Waals surface area contributed by atoms with Crippen molar-refractivity contribution in [2.45, 2.75) is 25.4 Å². The van der Waals surface area contributed by atoms with Gasteiger partial charge in [0.15, 0.2) is 0 Å². The lowest BCUT2D eigenvalue weighted by molar-refractivity contribution is 0.0731. The molecule has 2 atom stereocenters. The summed E-state index contributed by atoms with van der Waals surface area (Å²) in [4.78, 5) is 2.12. The fraction of sp³-hybridized carbons (Fsp3) is 0.600. The zero-order valence-corrected chi connectivity index (χ0v) is 12.1. The van der Waals surface area contributed by atoms with Crippen molar-refractivity contribution in [3.8, 4) is 0 Å². The van der Waals surface area contributed by atoms with E-state index in [0.29, 0.717) is 12.1 Å². The number of nitrogens with zero attached hydrogens (tertiary/aromatic N) is 1. The Morgan fingerprint density at radius 3 is 3.00 bits per heavy atom. The molecule has 1 aromatic rings. The minimum Gasteiger partial charge on any atom is -0.382 e. The molecule has 1 aliphatic heterocycles. The number of nitrogens with one attached hydrogen (secondary N) is 2. The van der Waals surface area contributed by atoms with Crippen molar-refractivity contribution in [2.24, 2.45) is 0 Å². The highest BCUT2D eigenvalue weighted by atomic mass is 16.5. The van der Waals surface area contributed by atoms with E-state index in [9.17, 15) is 0 Å². The van der Waals surface area contributed by atoms with Crippen molar-refractivity contribution in [1.82, 2.24) is 5.32 Å². The second-order valence-corrected chi connectivity index (χ2v) is 5.45. The van der Waals surface area contributed by atoms with Gasteiger partial charge in [0.1, 0.15) is 0 Å². The summed E-state index contributed by atoms with van der Waals surface area (Å²) in [5.74, 6) is 0. The van der Waals surface area contributed by atoms with Gasteiger partial charge < -0.3 is 20.3 Å². The molecular weight excluding hydrogens is 238 g/mol. The molecular formula is C15H25N3O. The first-order valence-electron chi connectivity index (χ1n) is 7.00. The molecule has 2 unspecified atom stereocenters. The summed E-state index contributed by atoms with van der Waals surface area (Å²) < 4.78 is 5.49. The quantitative estimate of drug-likeness (QED) is 0.851. The van der Waals surface area contributed by atoms with Crippen molar-refractivity contribution < 1.29 is 4.74 Å². The van der Waals surface area contributed by atoms with Gasteiger partial charge in [0.2, 0.25) is 0 Å². The first kappa shape index (κ1) is 14.2. The number of rotatable bonds is 5. The molecule has 2 N–H and O–H groups in total. The summed E-state index contributed by atoms with van der Waals surface area (Å²) >= 11 is 0. The van der Waals surface area contributed by atoms with Gasteiger partial charge in [-0.25, -0.2) is 0 Å². The van der Waals surface area contributed by atoms with Gasteiger partial charge in [-0.3, -0.25) is 0 Å². The molecule has 4 heteroatoms. The van der Waals surface area contributed by atoms with Crippen LogP contribution in [-0.4, -0.2) is 45.9 Å². The van der Waals surface area contributed by atoms with E-state index in [1.54, 1.807) is 0 Å². The molecule has 0 bridgehead atoms. The monoisotopic (exact) mass is 263 g/mol. The Morgan fingerprint density at radius 1 is 1.47 bits per heavy atom. The van der Waals surface area contributed by atoms with Crippen LogP contribution in [0.1, 0.15) is 13.3 Å². The molecule has 0 spiro atoms. The topological polar surface area (TPSA) is 36.5 Å². The highest BCUT2D eigenvalue weighted by Crippen LogP contribution is 2.19. The van der Waals surface area contributed by atoms with Crippen LogP contribution >= 0.6 is 0 Å². The van der Waals surface area contributed by atoms with Crippen LogP contribution < -0.4 is 15.5 Å². The highest BCUT2D eigenvalue weighted by molar-refractivity contribution is 5.57. The molecule has 0 amide bonds. The van der Waals surface area contributed by atoms with Gasteiger partial charge in [-0.15, -0.1) is 0 Å². The molecule has 1 aliphatic rings. The van der Waals surface area contributed by atoms with Gasteiger partial charge in [0.05, 0.1) is 13.2 Å². The van der Waals surface area contributed by atoms with E-state index in [2.05, 4.69) is 60.8 Å². The summed E-state index contributed by atoms with van der Waals surface area (Å²) in [6.07, 6.45) is 1.08. The Morgan fingerprint density at radius 2 is 2.32 bits per heavy atom. The lowest BCUT2D eigenvalue weighted by Gasteiger charge is -2.27. The Labute approximate surface area is 116 Å². The summed E-state index contributed by atoms with van der Waals surface area (Å²) in [7, 11) is 4.12. The maximum absolute atomic E-state index is 5.49. The molecule has 1 fully saturated rings. The van der Waals surface area contributed by atoms with Gasteiger partial charge in [0.25, 0.3) is 0 Å². The number of hydrogen-bond donors (Lipinski definition) is 2. The number of anilines is 2. The predicted molar refractivity (Wildman–Crippen MR) is 81.1 cm³/mol. The molecule has 1 saturated heterocycles. The SMILES string of the molecule is CC(CC1COCCN1)Nc1cccc(N(C)C)c1. The molecule has 1 heterocycles. The van der Waals surface area contributed by atoms with Gasteiger partial charge in [-0.2, -0.15) is 0 Å². The van der Waals surface area contributed by atoms with Crippen molar-refractivity contribution in [2.75, 3.05) is 44.1 Å². The van der Waals surface area contributed by atoms with Crippen molar-refractivity contribution in [3.63, 3.8) is 0 Å². The molecule has 0 saturated carbocycles. The first-order valence-corrected chi connectivity index (χ1v) is 7.00. The van der Waals surface area contributed by atoms with Crippen LogP contribution in [0.4, 0.5) is 11.4 Å². The molecule has 1 aromatic carbocycles. The van der Waals surface area contributed by atoms with E-state index in [4.69, 9.17) is 4.74 Å². The second-order valence-electron chi connectivity index (χ2n) is 5.45. The first-order chi connectivity index (χ1) is 9.15. The summed E-state index contributed by atoms with van der Waals surface area (Å²) in [5, 5.41) is 7.05. The van der Waals surface area contributed by atoms with E-state index in [-0.39, 0.29) is 0 Å². The van der Waals surface area contributed by atoms with E-state index in [0.717, 1.165) is 26.2 Å². The van der Waals surface area contributed by atoms with Crippen molar-refractivity contribution in [1.29, 1.82) is 0 Å². The average molecular weight is 263 g/mol. The number of morpholine rings is 1. The average Bonchev–Trinajstić information content (AvgIpc) is 2.40. The van der Waals surface area contributed by atoms with Crippen LogP contribution in [0.25, 0.3) is 0 Å². The van der Waals surface area contributed by atoms with Crippen LogP contribution in [0.15, 0.2) is 24.3 Å². The molecule has 19 heavy (non-hydrogen) atoms. The Balaban J connectivity index is 1.87. The van der Waals surface area contributed by atoms with Crippen LogP contribution in [0.5, 0.6) is 0 Å². The standard InChI is InChI=1S/C15H25N3O/c1-12(9-14-11-19-8-7-16-14)17-13-5-4-6-15(10-13)18(2)3/h4-6,10,12,14,16-17H,7-9,11H2,1-3H3. The van der Waals surface area contributed by atoms with Crippen LogP contribution in [0.2, 0.25) is 0 Å². The molecule has 0 aliphatic carbocycles. The van der Waals surface area contributed by atoms with E-state index in [1.807, 2.05) is 0 Å². The van der Waals surface area contributed by atoms with Crippen LogP contribution in [0.3, 0.4) is 0 Å². The third kappa shape index (κ3) is 4.40. The van der Waals surface area contributed by atoms with E-state index >= 15 is 0 Å². The van der Waals surface area contributed by atoms with Gasteiger partial charge in [-0.05, 0) is 31.5 Å².